The van der Waals surface area contributed by atoms with E-state index in [-0.39, 0.29) is 5.56 Å². The number of hydrogen-bond donors (Lipinski definition) is 0. The lowest BCUT2D eigenvalue weighted by atomic mass is 9.83. The van der Waals surface area contributed by atoms with E-state index in [0.717, 1.165) is 36.2 Å². The second kappa shape index (κ2) is 4.88. The molecule has 0 spiro atoms. The molecule has 0 bridgehead atoms. The molecule has 20 heavy (non-hydrogen) atoms. The van der Waals surface area contributed by atoms with E-state index in [4.69, 9.17) is 0 Å². The van der Waals surface area contributed by atoms with Gasteiger partial charge in [0.2, 0.25) is 0 Å². The van der Waals surface area contributed by atoms with Gasteiger partial charge in [0.25, 0.3) is 5.56 Å². The Hall–Kier alpha value is -1.36. The minimum atomic E-state index is -0.0314. The van der Waals surface area contributed by atoms with Gasteiger partial charge in [-0.1, -0.05) is 13.8 Å². The summed E-state index contributed by atoms with van der Waals surface area (Å²) in [6.07, 6.45) is 4.01. The lowest BCUT2D eigenvalue weighted by molar-refractivity contribution is 0.279. The van der Waals surface area contributed by atoms with Crippen molar-refractivity contribution in [3.05, 3.63) is 39.2 Å². The Labute approximate surface area is 126 Å². The molecule has 2 aromatic rings. The maximum Gasteiger partial charge on any atom is 0.259 e. The molecule has 0 radical (unpaired) electrons. The number of nitrogens with zero attached hydrogens (tertiary/aromatic N) is 3. The Morgan fingerprint density at radius 1 is 1.30 bits per heavy atom. The summed E-state index contributed by atoms with van der Waals surface area (Å²) in [5, 5.41) is 0. The normalized spacial score (nSPS) is 18.4. The summed E-state index contributed by atoms with van der Waals surface area (Å²) < 4.78 is 2.41. The van der Waals surface area contributed by atoms with Gasteiger partial charge in [-0.2, -0.15) is 0 Å². The quantitative estimate of drug-likeness (QED) is 0.803. The highest BCUT2D eigenvalue weighted by Gasteiger charge is 2.26. The van der Waals surface area contributed by atoms with Crippen LogP contribution in [0.4, 0.5) is 5.82 Å². The first-order valence-electron chi connectivity index (χ1n) is 6.89. The van der Waals surface area contributed by atoms with Crippen molar-refractivity contribution in [3.8, 4) is 0 Å². The molecule has 0 atom stereocenters. The van der Waals surface area contributed by atoms with Crippen LogP contribution in [0.5, 0.6) is 0 Å². The number of aromatic nitrogens is 2. The zero-order chi connectivity index (χ0) is 14.3. The van der Waals surface area contributed by atoms with E-state index in [0.29, 0.717) is 11.1 Å². The fourth-order valence-corrected chi connectivity index (χ4v) is 3.02. The molecular weight excluding hydrogens is 318 g/mol. The lowest BCUT2D eigenvalue weighted by Gasteiger charge is -2.37. The maximum absolute atomic E-state index is 12.2. The number of piperidine rings is 1. The molecule has 0 N–H and O–H groups in total. The molecule has 1 aliphatic heterocycles. The predicted octanol–water partition coefficient (Wildman–Crippen LogP) is 3.08. The summed E-state index contributed by atoms with van der Waals surface area (Å²) in [5.74, 6) is 0.789. The predicted molar refractivity (Wildman–Crippen MR) is 84.4 cm³/mol. The van der Waals surface area contributed by atoms with Gasteiger partial charge in [-0.05, 0) is 46.3 Å². The van der Waals surface area contributed by atoms with E-state index in [2.05, 4.69) is 39.7 Å². The lowest BCUT2D eigenvalue weighted by Crippen LogP contribution is -2.38. The third-order valence-electron chi connectivity index (χ3n) is 4.07. The Balaban J connectivity index is 2.01. The maximum atomic E-state index is 12.2. The van der Waals surface area contributed by atoms with Gasteiger partial charge in [-0.3, -0.25) is 9.20 Å². The number of anilines is 1. The van der Waals surface area contributed by atoms with Crippen LogP contribution in [-0.2, 0) is 0 Å². The number of halogens is 1. The molecule has 3 rings (SSSR count). The van der Waals surface area contributed by atoms with Crippen LogP contribution in [0.1, 0.15) is 26.7 Å². The first kappa shape index (κ1) is 13.6. The minimum Gasteiger partial charge on any atom is -0.356 e. The zero-order valence-electron chi connectivity index (χ0n) is 11.8. The number of pyridine rings is 1. The smallest absolute Gasteiger partial charge is 0.259 e. The van der Waals surface area contributed by atoms with Crippen LogP contribution in [0, 0.1) is 5.41 Å². The fourth-order valence-electron chi connectivity index (χ4n) is 2.58. The third-order valence-corrected chi connectivity index (χ3v) is 4.69. The Bertz CT molecular complexity index is 698. The van der Waals surface area contributed by atoms with E-state index in [1.165, 1.54) is 0 Å². The van der Waals surface area contributed by atoms with Crippen molar-refractivity contribution in [2.75, 3.05) is 18.0 Å². The standard InChI is InChI=1S/C15H18BrN3O/c1-15(2)5-8-18(9-6-15)12-10-13(20)19-7-3-4-11(16)14(19)17-12/h3-4,7,10H,5-6,8-9H2,1-2H3. The first-order chi connectivity index (χ1) is 9.46. The van der Waals surface area contributed by atoms with E-state index >= 15 is 0 Å². The molecule has 0 unspecified atom stereocenters. The van der Waals surface area contributed by atoms with Crippen LogP contribution in [0.3, 0.4) is 0 Å². The van der Waals surface area contributed by atoms with Crippen molar-refractivity contribution < 1.29 is 0 Å². The molecule has 2 aromatic heterocycles. The van der Waals surface area contributed by atoms with Crippen molar-refractivity contribution in [1.29, 1.82) is 0 Å². The van der Waals surface area contributed by atoms with Gasteiger partial charge in [0.05, 0.1) is 4.47 Å². The Morgan fingerprint density at radius 3 is 2.70 bits per heavy atom. The average molecular weight is 336 g/mol. The molecule has 0 aliphatic carbocycles. The second-order valence-corrected chi connectivity index (χ2v) is 7.01. The molecule has 1 saturated heterocycles. The molecule has 1 fully saturated rings. The van der Waals surface area contributed by atoms with E-state index < -0.39 is 0 Å². The molecule has 3 heterocycles. The molecular formula is C15H18BrN3O. The highest BCUT2D eigenvalue weighted by Crippen LogP contribution is 2.31. The van der Waals surface area contributed by atoms with Gasteiger partial charge in [-0.25, -0.2) is 4.98 Å². The first-order valence-corrected chi connectivity index (χ1v) is 7.68. The molecule has 106 valence electrons. The van der Waals surface area contributed by atoms with Crippen LogP contribution in [0.25, 0.3) is 5.65 Å². The topological polar surface area (TPSA) is 37.6 Å². The molecule has 0 amide bonds. The van der Waals surface area contributed by atoms with Gasteiger partial charge in [0.15, 0.2) is 5.65 Å². The van der Waals surface area contributed by atoms with E-state index in [9.17, 15) is 4.79 Å². The molecule has 5 heteroatoms. The van der Waals surface area contributed by atoms with Crippen LogP contribution in [-0.4, -0.2) is 22.5 Å². The minimum absolute atomic E-state index is 0.0314. The van der Waals surface area contributed by atoms with Gasteiger partial charge in [0.1, 0.15) is 5.82 Å². The third kappa shape index (κ3) is 2.46. The van der Waals surface area contributed by atoms with E-state index in [1.54, 1.807) is 16.7 Å². The van der Waals surface area contributed by atoms with Crippen molar-refractivity contribution in [1.82, 2.24) is 9.38 Å². The van der Waals surface area contributed by atoms with Gasteiger partial charge in [0, 0.05) is 25.4 Å². The summed E-state index contributed by atoms with van der Waals surface area (Å²) >= 11 is 3.47. The summed E-state index contributed by atoms with van der Waals surface area (Å²) in [6, 6.07) is 5.38. The van der Waals surface area contributed by atoms with Crippen LogP contribution in [0.2, 0.25) is 0 Å². The fraction of sp³-hybridized carbons (Fsp3) is 0.467. The highest BCUT2D eigenvalue weighted by molar-refractivity contribution is 9.10. The Morgan fingerprint density at radius 2 is 2.00 bits per heavy atom. The summed E-state index contributed by atoms with van der Waals surface area (Å²) in [7, 11) is 0. The second-order valence-electron chi connectivity index (χ2n) is 6.15. The van der Waals surface area contributed by atoms with Crippen LogP contribution in [0.15, 0.2) is 33.7 Å². The molecule has 0 saturated carbocycles. The van der Waals surface area contributed by atoms with Gasteiger partial charge in [-0.15, -0.1) is 0 Å². The molecule has 1 aliphatic rings. The van der Waals surface area contributed by atoms with Gasteiger partial charge < -0.3 is 4.90 Å². The van der Waals surface area contributed by atoms with Crippen LogP contribution < -0.4 is 10.5 Å². The monoisotopic (exact) mass is 335 g/mol. The van der Waals surface area contributed by atoms with Crippen molar-refractivity contribution >= 4 is 27.4 Å². The highest BCUT2D eigenvalue weighted by atomic mass is 79.9. The average Bonchev–Trinajstić information content (AvgIpc) is 2.40. The number of rotatable bonds is 1. The van der Waals surface area contributed by atoms with Crippen molar-refractivity contribution in [2.45, 2.75) is 26.7 Å². The van der Waals surface area contributed by atoms with Crippen molar-refractivity contribution in [3.63, 3.8) is 0 Å². The van der Waals surface area contributed by atoms with Crippen molar-refractivity contribution in [2.24, 2.45) is 5.41 Å². The van der Waals surface area contributed by atoms with Crippen LogP contribution >= 0.6 is 15.9 Å². The largest absolute Gasteiger partial charge is 0.356 e. The number of fused-ring (bicyclic) bond motifs is 1. The zero-order valence-corrected chi connectivity index (χ0v) is 13.4. The SMILES string of the molecule is CC1(C)CCN(c2cc(=O)n3cccc(Br)c3n2)CC1. The van der Waals surface area contributed by atoms with Gasteiger partial charge >= 0.3 is 0 Å². The number of hydrogen-bond acceptors (Lipinski definition) is 3. The molecule has 0 aromatic carbocycles. The summed E-state index contributed by atoms with van der Waals surface area (Å²) in [4.78, 5) is 19.1. The Kier molecular flexibility index (Phi) is 3.32. The molecule has 4 nitrogen and oxygen atoms in total. The van der Waals surface area contributed by atoms with E-state index in [1.807, 2.05) is 12.1 Å². The summed E-state index contributed by atoms with van der Waals surface area (Å²) in [6.45, 7) is 6.51. The summed E-state index contributed by atoms with van der Waals surface area (Å²) in [5.41, 5.74) is 1.04.